The molecule has 0 aromatic heterocycles. The van der Waals surface area contributed by atoms with Gasteiger partial charge in [0.1, 0.15) is 11.6 Å². The molecule has 1 atom stereocenters. The summed E-state index contributed by atoms with van der Waals surface area (Å²) in [5, 5.41) is 3.04. The van der Waals surface area contributed by atoms with Gasteiger partial charge in [-0.1, -0.05) is 35.3 Å². The Balaban J connectivity index is 2.62. The van der Waals surface area contributed by atoms with Crippen LogP contribution in [0.4, 0.5) is 8.78 Å². The number of nitrogens with one attached hydrogen (secondary N) is 1. The molecule has 0 radical (unpaired) electrons. The lowest BCUT2D eigenvalue weighted by Gasteiger charge is -2.20. The monoisotopic (exact) mass is 379 g/mol. The summed E-state index contributed by atoms with van der Waals surface area (Å²) in [7, 11) is 1.60. The van der Waals surface area contributed by atoms with E-state index in [1.165, 1.54) is 18.2 Å². The van der Waals surface area contributed by atoms with Crippen LogP contribution in [-0.2, 0) is 0 Å². The molecule has 106 valence electrons. The van der Waals surface area contributed by atoms with Gasteiger partial charge in [-0.2, -0.15) is 0 Å². The van der Waals surface area contributed by atoms with E-state index in [2.05, 4.69) is 21.2 Å². The second-order valence-corrected chi connectivity index (χ2v) is 5.76. The van der Waals surface area contributed by atoms with Gasteiger partial charge in [0, 0.05) is 20.6 Å². The Morgan fingerprint density at radius 1 is 1.15 bits per heavy atom. The molecule has 1 N–H and O–H groups in total. The molecule has 0 aliphatic rings. The molecule has 0 spiro atoms. The van der Waals surface area contributed by atoms with Crippen molar-refractivity contribution in [3.63, 3.8) is 0 Å². The van der Waals surface area contributed by atoms with Crippen LogP contribution in [0.25, 0.3) is 0 Å². The highest BCUT2D eigenvalue weighted by Crippen LogP contribution is 2.35. The first-order valence-electron chi connectivity index (χ1n) is 5.72. The lowest BCUT2D eigenvalue weighted by Crippen LogP contribution is -2.21. The minimum absolute atomic E-state index is 0.0461. The minimum Gasteiger partial charge on any atom is -0.309 e. The summed E-state index contributed by atoms with van der Waals surface area (Å²) in [6.07, 6.45) is 0. The van der Waals surface area contributed by atoms with Crippen molar-refractivity contribution >= 4 is 39.1 Å². The van der Waals surface area contributed by atoms with Crippen molar-refractivity contribution in [1.82, 2.24) is 5.32 Å². The van der Waals surface area contributed by atoms with E-state index in [0.717, 1.165) is 0 Å². The van der Waals surface area contributed by atoms with Crippen molar-refractivity contribution in [1.29, 1.82) is 0 Å². The number of benzene rings is 2. The predicted octanol–water partition coefficient (Wildman–Crippen LogP) is 5.34. The van der Waals surface area contributed by atoms with Crippen molar-refractivity contribution in [2.45, 2.75) is 6.04 Å². The van der Waals surface area contributed by atoms with Gasteiger partial charge in [0.05, 0.1) is 11.1 Å². The Kier molecular flexibility index (Phi) is 5.02. The third kappa shape index (κ3) is 2.84. The maximum absolute atomic E-state index is 14.3. The van der Waals surface area contributed by atoms with E-state index in [-0.39, 0.29) is 21.2 Å². The van der Waals surface area contributed by atoms with Crippen molar-refractivity contribution in [2.75, 3.05) is 7.05 Å². The predicted molar refractivity (Wildman–Crippen MR) is 81.4 cm³/mol. The molecule has 6 heteroatoms. The molecule has 0 amide bonds. The number of hydrogen-bond acceptors (Lipinski definition) is 1. The zero-order valence-electron chi connectivity index (χ0n) is 10.4. The Bertz CT molecular complexity index is 629. The van der Waals surface area contributed by atoms with Crippen molar-refractivity contribution < 1.29 is 8.78 Å². The van der Waals surface area contributed by atoms with Gasteiger partial charge in [0.25, 0.3) is 0 Å². The zero-order valence-corrected chi connectivity index (χ0v) is 13.5. The van der Waals surface area contributed by atoms with Gasteiger partial charge >= 0.3 is 0 Å². The molecule has 1 nitrogen and oxygen atoms in total. The van der Waals surface area contributed by atoms with Gasteiger partial charge in [-0.15, -0.1) is 0 Å². The van der Waals surface area contributed by atoms with Gasteiger partial charge in [0.15, 0.2) is 0 Å². The molecule has 0 saturated heterocycles. The maximum Gasteiger partial charge on any atom is 0.148 e. The van der Waals surface area contributed by atoms with Crippen molar-refractivity contribution in [3.8, 4) is 0 Å². The van der Waals surface area contributed by atoms with E-state index in [9.17, 15) is 8.78 Å². The summed E-state index contributed by atoms with van der Waals surface area (Å²) in [6.45, 7) is 0. The summed E-state index contributed by atoms with van der Waals surface area (Å²) in [6, 6.07) is 6.76. The van der Waals surface area contributed by atoms with Crippen molar-refractivity contribution in [2.24, 2.45) is 0 Å². The average molecular weight is 381 g/mol. The Morgan fingerprint density at radius 2 is 1.85 bits per heavy atom. The van der Waals surface area contributed by atoms with Gasteiger partial charge in [0.2, 0.25) is 0 Å². The molecule has 2 aromatic carbocycles. The summed E-state index contributed by atoms with van der Waals surface area (Å²) in [5.41, 5.74) is 0.418. The van der Waals surface area contributed by atoms with Gasteiger partial charge < -0.3 is 5.32 Å². The quantitative estimate of drug-likeness (QED) is 0.708. The third-order valence-corrected chi connectivity index (χ3v) is 4.54. The first-order chi connectivity index (χ1) is 9.47. The van der Waals surface area contributed by atoms with Crippen LogP contribution in [-0.4, -0.2) is 7.05 Å². The van der Waals surface area contributed by atoms with Crippen LogP contribution in [0.2, 0.25) is 10.0 Å². The molecule has 20 heavy (non-hydrogen) atoms. The fraction of sp³-hybridized carbons (Fsp3) is 0.143. The molecular weight excluding hydrogens is 371 g/mol. The summed E-state index contributed by atoms with van der Waals surface area (Å²) in [5.74, 6) is -1.12. The molecule has 0 heterocycles. The summed E-state index contributed by atoms with van der Waals surface area (Å²) >= 11 is 15.1. The smallest absolute Gasteiger partial charge is 0.148 e. The van der Waals surface area contributed by atoms with Gasteiger partial charge in [-0.25, -0.2) is 8.78 Å². The number of hydrogen-bond donors (Lipinski definition) is 1. The SMILES string of the molecule is CNC(c1ccc(Br)c(Cl)c1F)c1c(F)cccc1Cl. The fourth-order valence-corrected chi connectivity index (χ4v) is 2.76. The Labute approximate surface area is 134 Å². The van der Waals surface area contributed by atoms with E-state index in [4.69, 9.17) is 23.2 Å². The van der Waals surface area contributed by atoms with E-state index in [1.807, 2.05) is 0 Å². The third-order valence-electron chi connectivity index (χ3n) is 2.95. The highest BCUT2D eigenvalue weighted by Gasteiger charge is 2.24. The second-order valence-electron chi connectivity index (χ2n) is 4.12. The van der Waals surface area contributed by atoms with E-state index in [1.54, 1.807) is 19.2 Å². The van der Waals surface area contributed by atoms with E-state index < -0.39 is 17.7 Å². The molecule has 0 aliphatic carbocycles. The van der Waals surface area contributed by atoms with Crippen LogP contribution in [0.1, 0.15) is 17.2 Å². The topological polar surface area (TPSA) is 12.0 Å². The largest absolute Gasteiger partial charge is 0.309 e. The summed E-state index contributed by atoms with van der Waals surface area (Å²) in [4.78, 5) is 0. The second kappa shape index (κ2) is 6.39. The van der Waals surface area contributed by atoms with E-state index >= 15 is 0 Å². The van der Waals surface area contributed by atoms with Gasteiger partial charge in [-0.05, 0) is 41.2 Å². The Hall–Kier alpha value is -0.680. The molecule has 0 fully saturated rings. The van der Waals surface area contributed by atoms with E-state index in [0.29, 0.717) is 4.47 Å². The number of rotatable bonds is 3. The van der Waals surface area contributed by atoms with Crippen LogP contribution >= 0.6 is 39.1 Å². The molecule has 0 aliphatic heterocycles. The van der Waals surface area contributed by atoms with Gasteiger partial charge in [-0.3, -0.25) is 0 Å². The molecule has 0 saturated carbocycles. The maximum atomic E-state index is 14.3. The fourth-order valence-electron chi connectivity index (χ4n) is 2.01. The standard InChI is InChI=1S/C14H10BrCl2F2N/c1-20-14(11-9(16)3-2-4-10(11)18)7-5-6-8(15)12(17)13(7)19/h2-6,14,20H,1H3. The minimum atomic E-state index is -0.728. The lowest BCUT2D eigenvalue weighted by molar-refractivity contribution is 0.547. The highest BCUT2D eigenvalue weighted by molar-refractivity contribution is 9.10. The first kappa shape index (κ1) is 15.7. The summed E-state index contributed by atoms with van der Waals surface area (Å²) < 4.78 is 28.7. The van der Waals surface area contributed by atoms with Crippen LogP contribution in [0.3, 0.4) is 0 Å². The molecule has 1 unspecified atom stereocenters. The Morgan fingerprint density at radius 3 is 2.45 bits per heavy atom. The van der Waals surface area contributed by atoms with Crippen LogP contribution in [0, 0.1) is 11.6 Å². The molecular formula is C14H10BrCl2F2N. The van der Waals surface area contributed by atoms with Crippen LogP contribution < -0.4 is 5.32 Å². The lowest BCUT2D eigenvalue weighted by atomic mass is 9.97. The molecule has 2 aromatic rings. The first-order valence-corrected chi connectivity index (χ1v) is 7.26. The highest BCUT2D eigenvalue weighted by atomic mass is 79.9. The van der Waals surface area contributed by atoms with Crippen molar-refractivity contribution in [3.05, 3.63) is 67.6 Å². The van der Waals surface area contributed by atoms with Crippen LogP contribution in [0.15, 0.2) is 34.8 Å². The average Bonchev–Trinajstić information content (AvgIpc) is 2.42. The number of halogens is 5. The zero-order chi connectivity index (χ0) is 14.9. The van der Waals surface area contributed by atoms with Crippen LogP contribution in [0.5, 0.6) is 0 Å². The molecule has 2 rings (SSSR count). The normalized spacial score (nSPS) is 12.5. The molecule has 0 bridgehead atoms.